The maximum absolute atomic E-state index is 12.4. The number of ether oxygens (including phenoxy) is 1. The fourth-order valence-corrected chi connectivity index (χ4v) is 2.45. The molecule has 0 amide bonds. The van der Waals surface area contributed by atoms with Crippen LogP contribution in [0, 0.1) is 0 Å². The highest BCUT2D eigenvalue weighted by Crippen LogP contribution is 2.24. The van der Waals surface area contributed by atoms with Crippen LogP contribution in [-0.2, 0) is 9.53 Å². The zero-order valence-corrected chi connectivity index (χ0v) is 11.8. The molecule has 1 heterocycles. The molecule has 1 aromatic heterocycles. The summed E-state index contributed by atoms with van der Waals surface area (Å²) in [6.45, 7) is 2.17. The Morgan fingerprint density at radius 1 is 1.14 bits per heavy atom. The van der Waals surface area contributed by atoms with Gasteiger partial charge < -0.3 is 9.30 Å². The van der Waals surface area contributed by atoms with Crippen LogP contribution in [0.2, 0.25) is 0 Å². The third-order valence-electron chi connectivity index (χ3n) is 3.38. The van der Waals surface area contributed by atoms with Crippen LogP contribution in [0.3, 0.4) is 0 Å². The highest BCUT2D eigenvalue weighted by atomic mass is 16.5. The summed E-state index contributed by atoms with van der Waals surface area (Å²) in [5.74, 6) is -0.271. The molecule has 21 heavy (non-hydrogen) atoms. The molecule has 0 aliphatic carbocycles. The number of hydrogen-bond donors (Lipinski definition) is 0. The van der Waals surface area contributed by atoms with Crippen LogP contribution < -0.4 is 0 Å². The van der Waals surface area contributed by atoms with Gasteiger partial charge in [0.15, 0.2) is 6.04 Å². The van der Waals surface area contributed by atoms with Crippen LogP contribution in [0.15, 0.2) is 60.9 Å². The molecule has 0 N–H and O–H groups in total. The number of esters is 1. The number of rotatable bonds is 4. The lowest BCUT2D eigenvalue weighted by atomic mass is 10.1. The highest BCUT2D eigenvalue weighted by Gasteiger charge is 2.25. The molecule has 0 saturated carbocycles. The molecule has 0 aliphatic rings. The second-order valence-electron chi connectivity index (χ2n) is 4.71. The lowest BCUT2D eigenvalue weighted by molar-refractivity contribution is -0.145. The molecule has 4 heteroatoms. The minimum absolute atomic E-state index is 0.271. The maximum Gasteiger partial charge on any atom is 0.333 e. The number of carbonyl (C=O) groups excluding carboxylic acids is 1. The molecule has 3 aromatic rings. The summed E-state index contributed by atoms with van der Waals surface area (Å²) >= 11 is 0. The van der Waals surface area contributed by atoms with Crippen LogP contribution >= 0.6 is 0 Å². The minimum atomic E-state index is -0.515. The Balaban J connectivity index is 2.13. The van der Waals surface area contributed by atoms with Crippen molar-refractivity contribution in [3.8, 4) is 0 Å². The smallest absolute Gasteiger partial charge is 0.333 e. The van der Waals surface area contributed by atoms with Crippen molar-refractivity contribution in [1.82, 2.24) is 9.55 Å². The second-order valence-corrected chi connectivity index (χ2v) is 4.71. The Labute approximate surface area is 123 Å². The van der Waals surface area contributed by atoms with Crippen molar-refractivity contribution in [1.29, 1.82) is 0 Å². The monoisotopic (exact) mass is 280 g/mol. The normalized spacial score (nSPS) is 12.2. The van der Waals surface area contributed by atoms with E-state index in [4.69, 9.17) is 4.74 Å². The molecule has 0 aliphatic heterocycles. The summed E-state index contributed by atoms with van der Waals surface area (Å²) in [5, 5.41) is 0. The second kappa shape index (κ2) is 5.79. The van der Waals surface area contributed by atoms with E-state index in [9.17, 15) is 4.79 Å². The number of imidazole rings is 1. The first-order chi connectivity index (χ1) is 10.3. The third-order valence-corrected chi connectivity index (χ3v) is 3.38. The number of aromatic nitrogens is 2. The number of fused-ring (bicyclic) bond motifs is 1. The minimum Gasteiger partial charge on any atom is -0.464 e. The van der Waals surface area contributed by atoms with Gasteiger partial charge in [-0.05, 0) is 24.6 Å². The predicted octanol–water partition coefficient (Wildman–Crippen LogP) is 3.19. The largest absolute Gasteiger partial charge is 0.464 e. The standard InChI is InChI=1S/C17H16N2O2/c1-2-21-17(20)16(13-8-4-3-5-9-13)19-12-18-14-10-6-7-11-15(14)19/h3-12,16H,2H2,1H3. The van der Waals surface area contributed by atoms with Gasteiger partial charge in [0.25, 0.3) is 0 Å². The van der Waals surface area contributed by atoms with E-state index in [0.29, 0.717) is 6.61 Å². The summed E-state index contributed by atoms with van der Waals surface area (Å²) in [5.41, 5.74) is 2.67. The summed E-state index contributed by atoms with van der Waals surface area (Å²) in [4.78, 5) is 16.8. The number of carbonyl (C=O) groups is 1. The summed E-state index contributed by atoms with van der Waals surface area (Å²) < 4.78 is 7.11. The molecule has 2 aromatic carbocycles. The quantitative estimate of drug-likeness (QED) is 0.689. The molecule has 0 bridgehead atoms. The fraction of sp³-hybridized carbons (Fsp3) is 0.176. The number of benzene rings is 2. The lowest BCUT2D eigenvalue weighted by Gasteiger charge is -2.18. The van der Waals surface area contributed by atoms with Gasteiger partial charge >= 0.3 is 5.97 Å². The Kier molecular flexibility index (Phi) is 3.69. The molecule has 4 nitrogen and oxygen atoms in total. The Morgan fingerprint density at radius 2 is 1.86 bits per heavy atom. The topological polar surface area (TPSA) is 44.1 Å². The zero-order valence-electron chi connectivity index (χ0n) is 11.8. The van der Waals surface area contributed by atoms with Crippen molar-refractivity contribution >= 4 is 17.0 Å². The maximum atomic E-state index is 12.4. The van der Waals surface area contributed by atoms with E-state index < -0.39 is 6.04 Å². The number of para-hydroxylation sites is 2. The van der Waals surface area contributed by atoms with Gasteiger partial charge in [0.1, 0.15) is 0 Å². The Bertz CT molecular complexity index is 750. The van der Waals surface area contributed by atoms with E-state index in [1.165, 1.54) is 0 Å². The Morgan fingerprint density at radius 3 is 2.62 bits per heavy atom. The summed E-state index contributed by atoms with van der Waals surface area (Å²) in [6, 6.07) is 16.9. The van der Waals surface area contributed by atoms with Crippen LogP contribution in [-0.4, -0.2) is 22.1 Å². The number of nitrogens with zero attached hydrogens (tertiary/aromatic N) is 2. The van der Waals surface area contributed by atoms with Crippen molar-refractivity contribution in [2.45, 2.75) is 13.0 Å². The van der Waals surface area contributed by atoms with Crippen LogP contribution in [0.25, 0.3) is 11.0 Å². The van der Waals surface area contributed by atoms with Crippen molar-refractivity contribution in [2.24, 2.45) is 0 Å². The van der Waals surface area contributed by atoms with Crippen molar-refractivity contribution in [2.75, 3.05) is 6.61 Å². The van der Waals surface area contributed by atoms with Gasteiger partial charge in [-0.1, -0.05) is 42.5 Å². The van der Waals surface area contributed by atoms with Gasteiger partial charge in [0.05, 0.1) is 24.0 Å². The molecule has 0 spiro atoms. The van der Waals surface area contributed by atoms with Crippen molar-refractivity contribution in [3.05, 3.63) is 66.5 Å². The third kappa shape index (κ3) is 2.52. The molecule has 106 valence electrons. The first-order valence-electron chi connectivity index (χ1n) is 6.94. The van der Waals surface area contributed by atoms with E-state index in [0.717, 1.165) is 16.6 Å². The molecule has 1 atom stereocenters. The van der Waals surface area contributed by atoms with Crippen LogP contribution in [0.1, 0.15) is 18.5 Å². The first kappa shape index (κ1) is 13.4. The number of hydrogen-bond acceptors (Lipinski definition) is 3. The van der Waals surface area contributed by atoms with Gasteiger partial charge in [-0.2, -0.15) is 0 Å². The molecular formula is C17H16N2O2. The molecule has 0 fully saturated rings. The van der Waals surface area contributed by atoms with Gasteiger partial charge in [0, 0.05) is 0 Å². The average Bonchev–Trinajstić information content (AvgIpc) is 2.93. The van der Waals surface area contributed by atoms with Gasteiger partial charge in [-0.15, -0.1) is 0 Å². The SMILES string of the molecule is CCOC(=O)C(c1ccccc1)n1cnc2ccccc21. The van der Waals surface area contributed by atoms with Gasteiger partial charge in [-0.25, -0.2) is 9.78 Å². The highest BCUT2D eigenvalue weighted by molar-refractivity contribution is 5.83. The fourth-order valence-electron chi connectivity index (χ4n) is 2.45. The van der Waals surface area contributed by atoms with Gasteiger partial charge in [-0.3, -0.25) is 0 Å². The summed E-state index contributed by atoms with van der Waals surface area (Å²) in [6.07, 6.45) is 1.69. The molecule has 0 saturated heterocycles. The Hall–Kier alpha value is -2.62. The van der Waals surface area contributed by atoms with E-state index in [1.807, 2.05) is 66.1 Å². The van der Waals surface area contributed by atoms with Crippen molar-refractivity contribution < 1.29 is 9.53 Å². The molecule has 1 unspecified atom stereocenters. The predicted molar refractivity (Wildman–Crippen MR) is 80.9 cm³/mol. The van der Waals surface area contributed by atoms with Crippen LogP contribution in [0.5, 0.6) is 0 Å². The molecule has 0 radical (unpaired) electrons. The van der Waals surface area contributed by atoms with Crippen molar-refractivity contribution in [3.63, 3.8) is 0 Å². The molecular weight excluding hydrogens is 264 g/mol. The first-order valence-corrected chi connectivity index (χ1v) is 6.94. The summed E-state index contributed by atoms with van der Waals surface area (Å²) in [7, 11) is 0. The average molecular weight is 280 g/mol. The lowest BCUT2D eigenvalue weighted by Crippen LogP contribution is -2.22. The van der Waals surface area contributed by atoms with Gasteiger partial charge in [0.2, 0.25) is 0 Å². The van der Waals surface area contributed by atoms with E-state index in [2.05, 4.69) is 4.98 Å². The zero-order chi connectivity index (χ0) is 14.7. The van der Waals surface area contributed by atoms with Crippen LogP contribution in [0.4, 0.5) is 0 Å². The molecule has 3 rings (SSSR count). The van der Waals surface area contributed by atoms with E-state index in [1.54, 1.807) is 6.33 Å². The van der Waals surface area contributed by atoms with E-state index >= 15 is 0 Å². The van der Waals surface area contributed by atoms with E-state index in [-0.39, 0.29) is 5.97 Å².